The molecule has 7 nitrogen and oxygen atoms in total. The normalized spacial score (nSPS) is 31.5. The van der Waals surface area contributed by atoms with Gasteiger partial charge in [-0.25, -0.2) is 4.98 Å². The van der Waals surface area contributed by atoms with Gasteiger partial charge in [-0.2, -0.15) is 0 Å². The minimum absolute atomic E-state index is 0.0288. The first-order valence-electron chi connectivity index (χ1n) is 7.31. The third-order valence-electron chi connectivity index (χ3n) is 4.58. The fourth-order valence-electron chi connectivity index (χ4n) is 3.24. The van der Waals surface area contributed by atoms with E-state index in [4.69, 9.17) is 4.74 Å². The molecule has 1 aromatic rings. The second kappa shape index (κ2) is 4.64. The third kappa shape index (κ3) is 2.16. The van der Waals surface area contributed by atoms with Gasteiger partial charge in [0.25, 0.3) is 11.5 Å². The standard InChI is InChI=1S/C14H17N3O4/c18-11-4-17(10-6-21-5-8(10)11)14(20)9-3-12(19)16-13(15-9)7-1-2-7/h3,7-8,10-11,18H,1-2,4-6H2,(H,15,16,19)/t8-,10+,11-/m1/s1. The predicted molar refractivity (Wildman–Crippen MR) is 72.0 cm³/mol. The van der Waals surface area contributed by atoms with E-state index in [0.717, 1.165) is 12.8 Å². The van der Waals surface area contributed by atoms with Gasteiger partial charge in [-0.05, 0) is 12.8 Å². The number of nitrogens with zero attached hydrogens (tertiary/aromatic N) is 2. The van der Waals surface area contributed by atoms with Crippen LogP contribution in [-0.2, 0) is 4.74 Å². The number of aliphatic hydroxyl groups is 1. The third-order valence-corrected chi connectivity index (χ3v) is 4.58. The van der Waals surface area contributed by atoms with Crippen molar-refractivity contribution in [3.05, 3.63) is 27.9 Å². The lowest BCUT2D eigenvalue weighted by molar-refractivity contribution is 0.0621. The Kier molecular flexibility index (Phi) is 2.87. The van der Waals surface area contributed by atoms with Gasteiger partial charge in [0.2, 0.25) is 0 Å². The van der Waals surface area contributed by atoms with E-state index in [0.29, 0.717) is 19.0 Å². The van der Waals surface area contributed by atoms with Crippen LogP contribution >= 0.6 is 0 Å². The highest BCUT2D eigenvalue weighted by atomic mass is 16.5. The Morgan fingerprint density at radius 2 is 2.24 bits per heavy atom. The predicted octanol–water partition coefficient (Wildman–Crippen LogP) is -0.521. The van der Waals surface area contributed by atoms with E-state index >= 15 is 0 Å². The summed E-state index contributed by atoms with van der Waals surface area (Å²) in [6, 6.07) is 1.13. The molecule has 3 heterocycles. The lowest BCUT2D eigenvalue weighted by atomic mass is 10.0. The molecular weight excluding hydrogens is 274 g/mol. The number of likely N-dealkylation sites (tertiary alicyclic amines) is 1. The van der Waals surface area contributed by atoms with Crippen molar-refractivity contribution >= 4 is 5.91 Å². The number of aromatic amines is 1. The van der Waals surface area contributed by atoms with Crippen LogP contribution in [0.4, 0.5) is 0 Å². The Bertz CT molecular complexity index is 639. The van der Waals surface area contributed by atoms with E-state index < -0.39 is 6.10 Å². The van der Waals surface area contributed by atoms with Crippen molar-refractivity contribution in [1.29, 1.82) is 0 Å². The molecule has 0 bridgehead atoms. The lowest BCUT2D eigenvalue weighted by Gasteiger charge is -2.22. The molecule has 0 radical (unpaired) electrons. The average Bonchev–Trinajstić information content (AvgIpc) is 3.12. The van der Waals surface area contributed by atoms with Gasteiger partial charge in [-0.1, -0.05) is 0 Å². The van der Waals surface area contributed by atoms with Crippen LogP contribution in [0.15, 0.2) is 10.9 Å². The number of aliphatic hydroxyl groups excluding tert-OH is 1. The number of aromatic nitrogens is 2. The monoisotopic (exact) mass is 291 g/mol. The van der Waals surface area contributed by atoms with E-state index in [9.17, 15) is 14.7 Å². The van der Waals surface area contributed by atoms with Gasteiger partial charge in [0, 0.05) is 24.4 Å². The van der Waals surface area contributed by atoms with Gasteiger partial charge in [0.05, 0.1) is 25.4 Å². The molecule has 0 aromatic carbocycles. The van der Waals surface area contributed by atoms with Crippen molar-refractivity contribution in [2.75, 3.05) is 19.8 Å². The molecule has 112 valence electrons. The number of fused-ring (bicyclic) bond motifs is 1. The van der Waals surface area contributed by atoms with Gasteiger partial charge >= 0.3 is 0 Å². The quantitative estimate of drug-likeness (QED) is 0.764. The number of carbonyl (C=O) groups excluding carboxylic acids is 1. The number of hydrogen-bond donors (Lipinski definition) is 2. The minimum Gasteiger partial charge on any atom is -0.391 e. The topological polar surface area (TPSA) is 95.5 Å². The maximum atomic E-state index is 12.6. The highest BCUT2D eigenvalue weighted by molar-refractivity contribution is 5.92. The summed E-state index contributed by atoms with van der Waals surface area (Å²) in [5.74, 6) is 0.556. The largest absolute Gasteiger partial charge is 0.391 e. The maximum Gasteiger partial charge on any atom is 0.273 e. The average molecular weight is 291 g/mol. The summed E-state index contributed by atoms with van der Waals surface area (Å²) in [7, 11) is 0. The summed E-state index contributed by atoms with van der Waals surface area (Å²) in [4.78, 5) is 32.9. The zero-order chi connectivity index (χ0) is 14.6. The van der Waals surface area contributed by atoms with Crippen LogP contribution in [0, 0.1) is 5.92 Å². The second-order valence-corrected chi connectivity index (χ2v) is 6.08. The van der Waals surface area contributed by atoms with Crippen LogP contribution in [0.1, 0.15) is 35.1 Å². The summed E-state index contributed by atoms with van der Waals surface area (Å²) in [5, 5.41) is 10.0. The minimum atomic E-state index is -0.564. The SMILES string of the molecule is O=C(c1cc(=O)[nH]c(C2CC2)n1)N1C[C@@H](O)[C@@H]2COC[C@@H]21. The fourth-order valence-corrected chi connectivity index (χ4v) is 3.24. The van der Waals surface area contributed by atoms with E-state index in [1.807, 2.05) is 0 Å². The molecule has 4 rings (SSSR count). The summed E-state index contributed by atoms with van der Waals surface area (Å²) >= 11 is 0. The first-order valence-corrected chi connectivity index (χ1v) is 7.31. The molecule has 1 aliphatic carbocycles. The molecule has 7 heteroatoms. The molecule has 3 aliphatic rings. The fraction of sp³-hybridized carbons (Fsp3) is 0.643. The molecule has 3 atom stereocenters. The summed E-state index contributed by atoms with van der Waals surface area (Å²) in [6.07, 6.45) is 1.44. The van der Waals surface area contributed by atoms with Crippen LogP contribution in [0.2, 0.25) is 0 Å². The number of ether oxygens (including phenoxy) is 1. The maximum absolute atomic E-state index is 12.6. The van der Waals surface area contributed by atoms with Gasteiger partial charge in [0.1, 0.15) is 11.5 Å². The van der Waals surface area contributed by atoms with E-state index in [2.05, 4.69) is 9.97 Å². The van der Waals surface area contributed by atoms with Crippen LogP contribution in [0.5, 0.6) is 0 Å². The Hall–Kier alpha value is -1.73. The number of H-pyrrole nitrogens is 1. The number of β-amino-alcohol motifs (C(OH)–C–C–N with tert-alkyl or cyclic N) is 1. The molecule has 0 unspecified atom stereocenters. The van der Waals surface area contributed by atoms with Gasteiger partial charge in [0.15, 0.2) is 0 Å². The highest BCUT2D eigenvalue weighted by Gasteiger charge is 2.47. The van der Waals surface area contributed by atoms with Crippen molar-refractivity contribution < 1.29 is 14.6 Å². The van der Waals surface area contributed by atoms with Crippen molar-refractivity contribution in [1.82, 2.24) is 14.9 Å². The van der Waals surface area contributed by atoms with Crippen molar-refractivity contribution in [3.8, 4) is 0 Å². The number of nitrogens with one attached hydrogen (secondary N) is 1. The van der Waals surface area contributed by atoms with Gasteiger partial charge in [-0.15, -0.1) is 0 Å². The molecule has 0 spiro atoms. The molecule has 1 amide bonds. The Balaban J connectivity index is 1.64. The molecule has 1 saturated carbocycles. The van der Waals surface area contributed by atoms with Crippen LogP contribution < -0.4 is 5.56 Å². The molecule has 3 fully saturated rings. The van der Waals surface area contributed by atoms with Crippen molar-refractivity contribution in [2.45, 2.75) is 30.9 Å². The first-order chi connectivity index (χ1) is 10.1. The van der Waals surface area contributed by atoms with Crippen LogP contribution in [0.3, 0.4) is 0 Å². The van der Waals surface area contributed by atoms with Crippen LogP contribution in [0.25, 0.3) is 0 Å². The summed E-state index contributed by atoms with van der Waals surface area (Å²) in [6.45, 7) is 1.20. The van der Waals surface area contributed by atoms with Gasteiger partial charge < -0.3 is 19.7 Å². The van der Waals surface area contributed by atoms with Crippen molar-refractivity contribution in [3.63, 3.8) is 0 Å². The van der Waals surface area contributed by atoms with E-state index in [1.165, 1.54) is 6.07 Å². The number of hydrogen-bond acceptors (Lipinski definition) is 5. The van der Waals surface area contributed by atoms with Gasteiger partial charge in [-0.3, -0.25) is 9.59 Å². The number of amides is 1. The first kappa shape index (κ1) is 13.0. The molecule has 2 N–H and O–H groups in total. The highest BCUT2D eigenvalue weighted by Crippen LogP contribution is 2.37. The van der Waals surface area contributed by atoms with Crippen LogP contribution in [-0.4, -0.2) is 57.8 Å². The zero-order valence-electron chi connectivity index (χ0n) is 11.5. The zero-order valence-corrected chi connectivity index (χ0v) is 11.5. The summed E-state index contributed by atoms with van der Waals surface area (Å²) in [5.41, 5.74) is -0.130. The molecule has 1 aromatic heterocycles. The smallest absolute Gasteiger partial charge is 0.273 e. The molecule has 21 heavy (non-hydrogen) atoms. The molecular formula is C14H17N3O4. The summed E-state index contributed by atoms with van der Waals surface area (Å²) < 4.78 is 5.35. The van der Waals surface area contributed by atoms with Crippen molar-refractivity contribution in [2.24, 2.45) is 5.92 Å². The lowest BCUT2D eigenvalue weighted by Crippen LogP contribution is -2.39. The Morgan fingerprint density at radius 3 is 3.00 bits per heavy atom. The van der Waals surface area contributed by atoms with E-state index in [1.54, 1.807) is 4.90 Å². The van der Waals surface area contributed by atoms with E-state index in [-0.39, 0.29) is 41.6 Å². The Morgan fingerprint density at radius 1 is 1.43 bits per heavy atom. The second-order valence-electron chi connectivity index (χ2n) is 6.08. The number of carbonyl (C=O) groups is 1. The molecule has 2 saturated heterocycles. The Labute approximate surface area is 120 Å². The molecule has 2 aliphatic heterocycles. The number of rotatable bonds is 2.